The molecule has 0 unspecified atom stereocenters. The van der Waals surface area contributed by atoms with Crippen molar-refractivity contribution >= 4 is 17.3 Å². The first-order valence-corrected chi connectivity index (χ1v) is 5.96. The predicted octanol–water partition coefficient (Wildman–Crippen LogP) is -0.481. The van der Waals surface area contributed by atoms with E-state index in [0.29, 0.717) is 0 Å². The van der Waals surface area contributed by atoms with Crippen molar-refractivity contribution in [1.29, 1.82) is 0 Å². The third-order valence-electron chi connectivity index (χ3n) is 1.22. The van der Waals surface area contributed by atoms with Gasteiger partial charge in [0, 0.05) is 0 Å². The molecular formula is C15H21EuO6. The van der Waals surface area contributed by atoms with Crippen LogP contribution in [0.25, 0.3) is 0 Å². The van der Waals surface area contributed by atoms with Gasteiger partial charge in [-0.1, -0.05) is 20.8 Å². The van der Waals surface area contributed by atoms with Crippen molar-refractivity contribution in [2.75, 3.05) is 0 Å². The van der Waals surface area contributed by atoms with E-state index in [1.165, 1.54) is 41.5 Å². The second-order valence-electron chi connectivity index (χ2n) is 4.10. The maximum atomic E-state index is 9.98. The molecule has 6 nitrogen and oxygen atoms in total. The summed E-state index contributed by atoms with van der Waals surface area (Å²) in [4.78, 5) is 29.9. The van der Waals surface area contributed by atoms with Gasteiger partial charge < -0.3 is 15.3 Å². The summed E-state index contributed by atoms with van der Waals surface area (Å²) in [5.41, 5.74) is 0. The number of rotatable bonds is 3. The van der Waals surface area contributed by atoms with Gasteiger partial charge in [-0.3, -0.25) is 14.4 Å². The Hall–Kier alpha value is -0.786. The minimum Gasteiger partial charge on any atom is -0.876 e. The van der Waals surface area contributed by atoms with E-state index in [1.54, 1.807) is 0 Å². The summed E-state index contributed by atoms with van der Waals surface area (Å²) in [5.74, 6) is -1.12. The van der Waals surface area contributed by atoms with Gasteiger partial charge in [0.2, 0.25) is 0 Å². The van der Waals surface area contributed by atoms with Crippen molar-refractivity contribution in [2.24, 2.45) is 0 Å². The Morgan fingerprint density at radius 3 is 0.682 bits per heavy atom. The van der Waals surface area contributed by atoms with Crippen LogP contribution in [0.2, 0.25) is 0 Å². The van der Waals surface area contributed by atoms with Crippen LogP contribution in [0.15, 0.2) is 35.5 Å². The van der Waals surface area contributed by atoms with Crippen LogP contribution in [-0.2, 0) is 14.4 Å². The van der Waals surface area contributed by atoms with E-state index < -0.39 is 0 Å². The summed E-state index contributed by atoms with van der Waals surface area (Å²) >= 11 is 0. The first kappa shape index (κ1) is 29.3. The molecule has 0 saturated carbocycles. The summed E-state index contributed by atoms with van der Waals surface area (Å²) < 4.78 is 0. The minimum atomic E-state index is -0.187. The molecule has 0 atom stereocenters. The molecule has 0 rings (SSSR count). The molecular weight excluding hydrogens is 428 g/mol. The van der Waals surface area contributed by atoms with Gasteiger partial charge in [-0.25, -0.2) is 0 Å². The van der Waals surface area contributed by atoms with E-state index in [4.69, 9.17) is 0 Å². The van der Waals surface area contributed by atoms with E-state index in [9.17, 15) is 29.7 Å². The fourth-order valence-corrected chi connectivity index (χ4v) is 0.859. The molecule has 22 heavy (non-hydrogen) atoms. The normalized spacial score (nSPS) is 10.9. The zero-order valence-corrected chi connectivity index (χ0v) is 16.0. The molecule has 0 fully saturated rings. The Morgan fingerprint density at radius 2 is 0.682 bits per heavy atom. The molecule has 0 aromatic heterocycles. The van der Waals surface area contributed by atoms with E-state index in [2.05, 4.69) is 0 Å². The van der Waals surface area contributed by atoms with Gasteiger partial charge in [0.25, 0.3) is 0 Å². The van der Waals surface area contributed by atoms with Crippen molar-refractivity contribution in [3.8, 4) is 0 Å². The summed E-state index contributed by atoms with van der Waals surface area (Å²) in [5, 5.41) is 29.9. The molecule has 0 saturated heterocycles. The van der Waals surface area contributed by atoms with Crippen molar-refractivity contribution in [3.63, 3.8) is 0 Å². The van der Waals surface area contributed by atoms with E-state index in [-0.39, 0.29) is 84.0 Å². The first-order valence-electron chi connectivity index (χ1n) is 5.96. The third-order valence-corrected chi connectivity index (χ3v) is 1.22. The number of carbonyl (C=O) groups is 3. The van der Waals surface area contributed by atoms with E-state index in [1.807, 2.05) is 0 Å². The zero-order valence-electron chi connectivity index (χ0n) is 13.6. The van der Waals surface area contributed by atoms with Crippen molar-refractivity contribution in [1.82, 2.24) is 0 Å². The Kier molecular flexibility index (Phi) is 24.3. The topological polar surface area (TPSA) is 120 Å². The molecule has 0 aliphatic heterocycles. The Balaban J connectivity index is -0.000000108. The van der Waals surface area contributed by atoms with Crippen LogP contribution in [0.5, 0.6) is 0 Å². The Labute approximate surface area is 172 Å². The fraction of sp³-hybridized carbons (Fsp3) is 0.400. The van der Waals surface area contributed by atoms with Crippen LogP contribution >= 0.6 is 0 Å². The molecule has 0 radical (unpaired) electrons. The van der Waals surface area contributed by atoms with Crippen LogP contribution in [0.4, 0.5) is 0 Å². The number of hydrogen-bond donors (Lipinski definition) is 0. The molecule has 0 N–H and O–H groups in total. The summed E-state index contributed by atoms with van der Waals surface area (Å²) in [7, 11) is 0. The SMILES string of the molecule is CC(=O)/C=C(/C)[O-].CC(=O)/C=C(/C)[O-].CC(=O)/C=C(/C)[O-].[Eu+3]. The van der Waals surface area contributed by atoms with E-state index in [0.717, 1.165) is 18.2 Å². The van der Waals surface area contributed by atoms with Crippen LogP contribution in [-0.4, -0.2) is 17.3 Å². The largest absolute Gasteiger partial charge is 3.00 e. The minimum absolute atomic E-state index is 0. The van der Waals surface area contributed by atoms with Gasteiger partial charge in [-0.05, 0) is 39.0 Å². The number of ketones is 3. The molecule has 124 valence electrons. The van der Waals surface area contributed by atoms with Crippen molar-refractivity contribution in [3.05, 3.63) is 35.5 Å². The summed E-state index contributed by atoms with van der Waals surface area (Å²) in [6.07, 6.45) is 3.17. The van der Waals surface area contributed by atoms with Crippen LogP contribution in [0.1, 0.15) is 41.5 Å². The van der Waals surface area contributed by atoms with E-state index >= 15 is 0 Å². The van der Waals surface area contributed by atoms with Gasteiger partial charge >= 0.3 is 49.4 Å². The predicted molar refractivity (Wildman–Crippen MR) is 73.3 cm³/mol. The van der Waals surface area contributed by atoms with Gasteiger partial charge in [0.1, 0.15) is 0 Å². The molecule has 7 heteroatoms. The molecule has 0 aliphatic rings. The Morgan fingerprint density at radius 1 is 0.545 bits per heavy atom. The average Bonchev–Trinajstić information content (AvgIpc) is 2.10. The average molecular weight is 449 g/mol. The van der Waals surface area contributed by atoms with Gasteiger partial charge in [0.15, 0.2) is 17.3 Å². The monoisotopic (exact) mass is 450 g/mol. The molecule has 0 aliphatic carbocycles. The number of carbonyl (C=O) groups excluding carboxylic acids is 3. The first-order chi connectivity index (χ1) is 9.38. The maximum absolute atomic E-state index is 9.98. The standard InChI is InChI=1S/3C5H8O2.Eu/c3*1-4(6)3-5(2)7;/h3*3,6H,1-2H3;/q;;;+3/p-3/b3*4-3-;. The number of hydrogen-bond acceptors (Lipinski definition) is 6. The Bertz CT molecular complexity index is 368. The summed E-state index contributed by atoms with van der Waals surface area (Å²) in [6, 6.07) is 0. The quantitative estimate of drug-likeness (QED) is 0.424. The molecule has 0 heterocycles. The van der Waals surface area contributed by atoms with Crippen LogP contribution in [0, 0.1) is 49.4 Å². The maximum Gasteiger partial charge on any atom is 3.00 e. The second kappa shape index (κ2) is 18.3. The molecule has 0 amide bonds. The van der Waals surface area contributed by atoms with Crippen LogP contribution < -0.4 is 15.3 Å². The number of allylic oxidation sites excluding steroid dienone is 6. The smallest absolute Gasteiger partial charge is 0.876 e. The fourth-order valence-electron chi connectivity index (χ4n) is 0.859. The second-order valence-corrected chi connectivity index (χ2v) is 4.10. The molecule has 0 aromatic carbocycles. The molecule has 0 aromatic rings. The molecule has 0 bridgehead atoms. The van der Waals surface area contributed by atoms with Gasteiger partial charge in [-0.15, -0.1) is 17.3 Å². The van der Waals surface area contributed by atoms with Crippen molar-refractivity contribution < 1.29 is 79.1 Å². The van der Waals surface area contributed by atoms with Gasteiger partial charge in [-0.2, -0.15) is 0 Å². The molecule has 0 spiro atoms. The third kappa shape index (κ3) is 50.7. The van der Waals surface area contributed by atoms with Gasteiger partial charge in [0.05, 0.1) is 0 Å². The van der Waals surface area contributed by atoms with Crippen molar-refractivity contribution in [2.45, 2.75) is 41.5 Å². The van der Waals surface area contributed by atoms with Crippen LogP contribution in [0.3, 0.4) is 0 Å². The zero-order chi connectivity index (χ0) is 17.6. The summed E-state index contributed by atoms with van der Waals surface area (Å²) in [6.45, 7) is 8.09.